The number of nitrogens with zero attached hydrogens (tertiary/aromatic N) is 7. The molecule has 0 spiro atoms. The van der Waals surface area contributed by atoms with Crippen molar-refractivity contribution < 1.29 is 33.5 Å². The minimum absolute atomic E-state index is 0.190. The fourth-order valence-electron chi connectivity index (χ4n) is 8.86. The van der Waals surface area contributed by atoms with Crippen molar-refractivity contribution in [3.05, 3.63) is 239 Å². The van der Waals surface area contributed by atoms with E-state index in [1.54, 1.807) is 122 Å². The van der Waals surface area contributed by atoms with Crippen LogP contribution in [-0.2, 0) is 11.3 Å². The molecular weight excluding hydrogens is 1040 g/mol. The van der Waals surface area contributed by atoms with Crippen LogP contribution in [0.3, 0.4) is 0 Å². The Bertz CT molecular complexity index is 4230. The number of thiazole rings is 2. The highest BCUT2D eigenvalue weighted by atomic mass is 32.1. The fourth-order valence-corrected chi connectivity index (χ4v) is 10.3. The monoisotopic (exact) mass is 1080 g/mol. The molecule has 12 aromatic rings. The highest BCUT2D eigenvalue weighted by molar-refractivity contribution is 7.15. The van der Waals surface area contributed by atoms with Gasteiger partial charge in [0, 0.05) is 87.7 Å². The zero-order chi connectivity index (χ0) is 54.6. The number of aromatic carboxylic acids is 1. The van der Waals surface area contributed by atoms with Crippen molar-refractivity contribution in [1.82, 2.24) is 39.0 Å². The average Bonchev–Trinajstić information content (AvgIpc) is 4.41. The van der Waals surface area contributed by atoms with Gasteiger partial charge in [-0.1, -0.05) is 78.9 Å². The zero-order valence-corrected chi connectivity index (χ0v) is 43.3. The van der Waals surface area contributed by atoms with Crippen molar-refractivity contribution in [2.75, 3.05) is 17.7 Å². The number of pyridine rings is 2. The lowest BCUT2D eigenvalue weighted by Crippen LogP contribution is -2.41. The molecular formula is C60H43FN10O6S2. The molecule has 0 radical (unpaired) electrons. The summed E-state index contributed by atoms with van der Waals surface area (Å²) in [6, 6.07) is 45.1. The molecule has 0 fully saturated rings. The van der Waals surface area contributed by atoms with Gasteiger partial charge in [-0.2, -0.15) is 0 Å². The Morgan fingerprint density at radius 3 is 1.62 bits per heavy atom. The number of carboxylic acids is 1. The molecule has 388 valence electrons. The number of amides is 4. The van der Waals surface area contributed by atoms with Gasteiger partial charge < -0.3 is 26.0 Å². The van der Waals surface area contributed by atoms with Crippen molar-refractivity contribution in [2.45, 2.75) is 12.6 Å². The van der Waals surface area contributed by atoms with Crippen LogP contribution in [0.25, 0.3) is 54.2 Å². The Balaban J connectivity index is 0.000000187. The number of carbonyl (C=O) groups is 5. The summed E-state index contributed by atoms with van der Waals surface area (Å²) >= 11 is 3.05. The molecule has 0 unspecified atom stereocenters. The number of fused-ring (bicyclic) bond motifs is 4. The third-order valence-corrected chi connectivity index (χ3v) is 14.4. The van der Waals surface area contributed by atoms with E-state index in [1.165, 1.54) is 45.8 Å². The molecule has 6 heterocycles. The molecule has 79 heavy (non-hydrogen) atoms. The molecule has 16 nitrogen and oxygen atoms in total. The number of rotatable bonds is 13. The van der Waals surface area contributed by atoms with Gasteiger partial charge in [0.2, 0.25) is 5.91 Å². The number of carbonyl (C=O) groups excluding carboxylic acids is 4. The van der Waals surface area contributed by atoms with Gasteiger partial charge in [-0.25, -0.2) is 29.1 Å². The maximum Gasteiger partial charge on any atom is 0.335 e. The summed E-state index contributed by atoms with van der Waals surface area (Å²) in [6.45, 7) is 0.243. The van der Waals surface area contributed by atoms with E-state index in [2.05, 4.69) is 35.9 Å². The molecule has 1 atom stereocenters. The number of benzene rings is 6. The van der Waals surface area contributed by atoms with Gasteiger partial charge in [0.1, 0.15) is 23.5 Å². The van der Waals surface area contributed by atoms with Gasteiger partial charge in [0.25, 0.3) is 17.7 Å². The van der Waals surface area contributed by atoms with E-state index in [0.717, 1.165) is 26.7 Å². The van der Waals surface area contributed by atoms with Crippen molar-refractivity contribution in [3.63, 3.8) is 0 Å². The summed E-state index contributed by atoms with van der Waals surface area (Å²) in [4.78, 5) is 86.2. The molecule has 6 aromatic heterocycles. The maximum absolute atomic E-state index is 13.6. The van der Waals surface area contributed by atoms with Gasteiger partial charge in [-0.3, -0.25) is 28.0 Å². The Morgan fingerprint density at radius 1 is 0.582 bits per heavy atom. The number of likely N-dealkylation sites (N-methyl/N-ethyl adjacent to an activating group) is 1. The van der Waals surface area contributed by atoms with E-state index in [0.29, 0.717) is 67.0 Å². The van der Waals surface area contributed by atoms with E-state index in [-0.39, 0.29) is 35.6 Å². The Morgan fingerprint density at radius 2 is 1.09 bits per heavy atom. The molecule has 4 N–H and O–H groups in total. The first kappa shape index (κ1) is 50.9. The predicted molar refractivity (Wildman–Crippen MR) is 303 cm³/mol. The summed E-state index contributed by atoms with van der Waals surface area (Å²) in [5, 5.41) is 23.0. The van der Waals surface area contributed by atoms with Gasteiger partial charge in [-0.05, 0) is 96.1 Å². The number of halogens is 1. The molecule has 4 amide bonds. The molecule has 0 bridgehead atoms. The molecule has 0 aliphatic rings. The van der Waals surface area contributed by atoms with Gasteiger partial charge in [0.15, 0.2) is 9.92 Å². The first-order valence-corrected chi connectivity index (χ1v) is 26.2. The van der Waals surface area contributed by atoms with Crippen LogP contribution < -0.4 is 16.0 Å². The average molecular weight is 1080 g/mol. The smallest absolute Gasteiger partial charge is 0.335 e. The second kappa shape index (κ2) is 22.2. The van der Waals surface area contributed by atoms with Gasteiger partial charge >= 0.3 is 5.97 Å². The lowest BCUT2D eigenvalue weighted by Gasteiger charge is -2.25. The molecule has 0 aliphatic heterocycles. The normalized spacial score (nSPS) is 11.5. The summed E-state index contributed by atoms with van der Waals surface area (Å²) in [7, 11) is 1.64. The van der Waals surface area contributed by atoms with E-state index in [4.69, 9.17) is 5.11 Å². The molecule has 19 heteroatoms. The standard InChI is InChI=1S/C38H29FN6O3S.C22H14N4O3S/c1-44(22-24-11-15-28(39)16-12-24)37(48)34(25-7-3-2-4-8-25)43-35(46)27-13-17-31-26(21-27)14-18-33(40-31)42-36(47)30-10-6-5-9-29(30)32-23-45-19-20-49-38(45)41-32;27-20(25-19-8-6-13-11-14(21(28)29)5-7-17(13)23-19)16-4-2-1-3-15(16)18-12-26-9-10-30-22(26)24-18/h2-21,23,34H,22H2,1H3,(H,43,46)(H,40,42,47);1-12H,(H,28,29)(H,23,25,27)/t34-;/m0./s1. The SMILES string of the molecule is CN(Cc1ccc(F)cc1)C(=O)[C@@H](NC(=O)c1ccc2nc(NC(=O)c3ccccc3-c3cn4ccsc4n3)ccc2c1)c1ccccc1.O=C(O)c1ccc2nc(NC(=O)c3ccccc3-c3cn4ccsc4n3)ccc2c1. The number of carboxylic acid groups (broad SMARTS) is 1. The molecule has 0 saturated heterocycles. The minimum atomic E-state index is -0.995. The van der Waals surface area contributed by atoms with Crippen LogP contribution in [0.15, 0.2) is 199 Å². The predicted octanol–water partition coefficient (Wildman–Crippen LogP) is 11.7. The zero-order valence-electron chi connectivity index (χ0n) is 41.7. The lowest BCUT2D eigenvalue weighted by atomic mass is 10.0. The van der Waals surface area contributed by atoms with E-state index < -0.39 is 17.9 Å². The van der Waals surface area contributed by atoms with E-state index in [1.807, 2.05) is 74.7 Å². The summed E-state index contributed by atoms with van der Waals surface area (Å²) < 4.78 is 17.2. The topological polar surface area (TPSA) is 205 Å². The number of nitrogens with one attached hydrogen (secondary N) is 3. The summed E-state index contributed by atoms with van der Waals surface area (Å²) in [5.41, 5.74) is 6.92. The van der Waals surface area contributed by atoms with Gasteiger partial charge in [-0.15, -0.1) is 22.7 Å². The molecule has 0 saturated carbocycles. The highest BCUT2D eigenvalue weighted by Crippen LogP contribution is 2.29. The second-order valence-electron chi connectivity index (χ2n) is 18.1. The molecule has 12 rings (SSSR count). The first-order chi connectivity index (χ1) is 38.4. The van der Waals surface area contributed by atoms with Crippen LogP contribution in [0.2, 0.25) is 0 Å². The molecule has 6 aromatic carbocycles. The van der Waals surface area contributed by atoms with Crippen LogP contribution >= 0.6 is 22.7 Å². The van der Waals surface area contributed by atoms with Crippen LogP contribution in [0, 0.1) is 5.82 Å². The number of hydrogen-bond donors (Lipinski definition) is 4. The van der Waals surface area contributed by atoms with Gasteiger partial charge in [0.05, 0.1) is 28.0 Å². The first-order valence-electron chi connectivity index (χ1n) is 24.5. The second-order valence-corrected chi connectivity index (χ2v) is 19.8. The Hall–Kier alpha value is -10.2. The van der Waals surface area contributed by atoms with Crippen molar-refractivity contribution in [3.8, 4) is 22.5 Å². The third-order valence-electron chi connectivity index (χ3n) is 12.8. The van der Waals surface area contributed by atoms with Crippen LogP contribution in [0.4, 0.5) is 16.0 Å². The van der Waals surface area contributed by atoms with E-state index >= 15 is 0 Å². The van der Waals surface area contributed by atoms with Crippen LogP contribution in [-0.4, -0.2) is 75.4 Å². The van der Waals surface area contributed by atoms with Crippen molar-refractivity contribution in [2.24, 2.45) is 0 Å². The summed E-state index contributed by atoms with van der Waals surface area (Å²) in [6.07, 6.45) is 7.63. The van der Waals surface area contributed by atoms with Crippen molar-refractivity contribution in [1.29, 1.82) is 0 Å². The molecule has 0 aliphatic carbocycles. The van der Waals surface area contributed by atoms with Crippen LogP contribution in [0.1, 0.15) is 58.6 Å². The third kappa shape index (κ3) is 11.2. The van der Waals surface area contributed by atoms with Crippen molar-refractivity contribution >= 4 is 95.6 Å². The maximum atomic E-state index is 13.6. The minimum Gasteiger partial charge on any atom is -0.478 e. The largest absolute Gasteiger partial charge is 0.478 e. The number of imidazole rings is 2. The van der Waals surface area contributed by atoms with E-state index in [9.17, 15) is 28.4 Å². The quantitative estimate of drug-likeness (QED) is 0.0859. The summed E-state index contributed by atoms with van der Waals surface area (Å²) in [5.74, 6) is -1.98. The van der Waals surface area contributed by atoms with Crippen LogP contribution in [0.5, 0.6) is 0 Å². The highest BCUT2D eigenvalue weighted by Gasteiger charge is 2.27. The number of hydrogen-bond acceptors (Lipinski definition) is 11. The number of aromatic nitrogens is 6. The lowest BCUT2D eigenvalue weighted by molar-refractivity contribution is -0.132. The number of anilines is 2. The Labute approximate surface area is 457 Å². The Kier molecular flexibility index (Phi) is 14.3. The fraction of sp³-hybridized carbons (Fsp3) is 0.0500.